The summed E-state index contributed by atoms with van der Waals surface area (Å²) in [5, 5.41) is 0. The molecule has 0 aromatic heterocycles. The van der Waals surface area contributed by atoms with Crippen LogP contribution in [0, 0.1) is 25.7 Å². The van der Waals surface area contributed by atoms with E-state index in [-0.39, 0.29) is 30.4 Å². The second-order valence-corrected chi connectivity index (χ2v) is 10.1. The summed E-state index contributed by atoms with van der Waals surface area (Å²) in [5.41, 5.74) is 3.24. The lowest BCUT2D eigenvalue weighted by molar-refractivity contribution is -0.163. The Balaban J connectivity index is 2.12. The van der Waals surface area contributed by atoms with Crippen LogP contribution in [0.15, 0.2) is 18.2 Å². The maximum absolute atomic E-state index is 12.8. The van der Waals surface area contributed by atoms with Gasteiger partial charge in [0.2, 0.25) is 0 Å². The predicted octanol–water partition coefficient (Wildman–Crippen LogP) is 6.27. The second kappa shape index (κ2) is 10.5. The zero-order valence-corrected chi connectivity index (χ0v) is 19.9. The summed E-state index contributed by atoms with van der Waals surface area (Å²) < 4.78 is 11.3. The Morgan fingerprint density at radius 1 is 1.07 bits per heavy atom. The lowest BCUT2D eigenvalue weighted by Gasteiger charge is -2.35. The minimum atomic E-state index is -0.553. The fraction of sp³-hybridized carbons (Fsp3) is 0.692. The smallest absolute Gasteiger partial charge is 0.309 e. The third kappa shape index (κ3) is 7.14. The summed E-state index contributed by atoms with van der Waals surface area (Å²) >= 11 is 0. The van der Waals surface area contributed by atoms with Gasteiger partial charge in [-0.25, -0.2) is 0 Å². The highest BCUT2D eigenvalue weighted by Gasteiger charge is 2.34. The van der Waals surface area contributed by atoms with Crippen molar-refractivity contribution >= 4 is 11.9 Å². The van der Waals surface area contributed by atoms with Crippen LogP contribution in [-0.2, 0) is 19.1 Å². The summed E-state index contributed by atoms with van der Waals surface area (Å²) in [6.07, 6.45) is 5.92. The molecule has 0 bridgehead atoms. The molecule has 0 radical (unpaired) electrons. The Hall–Kier alpha value is -1.84. The molecule has 0 N–H and O–H groups in total. The molecule has 1 fully saturated rings. The number of hydrogen-bond donors (Lipinski definition) is 0. The highest BCUT2D eigenvalue weighted by molar-refractivity contribution is 5.80. The van der Waals surface area contributed by atoms with Gasteiger partial charge in [0.15, 0.2) is 0 Å². The zero-order valence-electron chi connectivity index (χ0n) is 19.9. The van der Waals surface area contributed by atoms with E-state index >= 15 is 0 Å². The molecule has 2 rings (SSSR count). The van der Waals surface area contributed by atoms with E-state index in [0.29, 0.717) is 5.92 Å². The summed E-state index contributed by atoms with van der Waals surface area (Å²) in [6.45, 7) is 13.5. The molecule has 1 aromatic rings. The van der Waals surface area contributed by atoms with E-state index in [1.165, 1.54) is 48.8 Å². The normalized spacial score (nSPS) is 18.4. The van der Waals surface area contributed by atoms with Gasteiger partial charge >= 0.3 is 11.9 Å². The first-order valence-electron chi connectivity index (χ1n) is 11.5. The number of benzene rings is 1. The number of hydrogen-bond acceptors (Lipinski definition) is 4. The SMILES string of the molecule is Cc1ccc([C@@H](C2CCCCC2)[C@H](C)OC(=O)[C@H](C)CC(=O)OC(C)(C)C)c(C)c1. The van der Waals surface area contributed by atoms with E-state index in [9.17, 15) is 9.59 Å². The molecule has 1 aliphatic rings. The van der Waals surface area contributed by atoms with Gasteiger partial charge < -0.3 is 9.47 Å². The van der Waals surface area contributed by atoms with Crippen molar-refractivity contribution in [3.8, 4) is 0 Å². The molecular weight excluding hydrogens is 376 g/mol. The summed E-state index contributed by atoms with van der Waals surface area (Å²) in [5.74, 6) is -0.502. The molecule has 0 amide bonds. The molecule has 0 heterocycles. The number of ether oxygens (including phenoxy) is 2. The first-order chi connectivity index (χ1) is 14.0. The van der Waals surface area contributed by atoms with Crippen molar-refractivity contribution in [3.63, 3.8) is 0 Å². The monoisotopic (exact) mass is 416 g/mol. The minimum absolute atomic E-state index is 0.0421. The van der Waals surface area contributed by atoms with Gasteiger partial charge in [0.25, 0.3) is 0 Å². The lowest BCUT2D eigenvalue weighted by Crippen LogP contribution is -2.33. The van der Waals surface area contributed by atoms with Crippen LogP contribution >= 0.6 is 0 Å². The molecule has 168 valence electrons. The summed E-state index contributed by atoms with van der Waals surface area (Å²) in [6, 6.07) is 6.57. The third-order valence-corrected chi connectivity index (χ3v) is 6.05. The van der Waals surface area contributed by atoms with Gasteiger partial charge in [-0.2, -0.15) is 0 Å². The van der Waals surface area contributed by atoms with E-state index in [2.05, 4.69) is 32.0 Å². The Kier molecular flexibility index (Phi) is 8.52. The van der Waals surface area contributed by atoms with E-state index in [0.717, 1.165) is 0 Å². The van der Waals surface area contributed by atoms with Crippen molar-refractivity contribution < 1.29 is 19.1 Å². The van der Waals surface area contributed by atoms with Gasteiger partial charge in [0.05, 0.1) is 12.3 Å². The molecule has 1 saturated carbocycles. The molecule has 4 heteroatoms. The molecule has 1 aliphatic carbocycles. The average Bonchev–Trinajstić information content (AvgIpc) is 2.63. The molecule has 3 atom stereocenters. The van der Waals surface area contributed by atoms with Crippen LogP contribution in [0.1, 0.15) is 95.8 Å². The molecule has 0 aliphatic heterocycles. The minimum Gasteiger partial charge on any atom is -0.462 e. The van der Waals surface area contributed by atoms with Crippen LogP contribution in [0.3, 0.4) is 0 Å². The Morgan fingerprint density at radius 3 is 2.27 bits per heavy atom. The van der Waals surface area contributed by atoms with Crippen molar-refractivity contribution in [2.24, 2.45) is 11.8 Å². The number of carbonyl (C=O) groups excluding carboxylic acids is 2. The van der Waals surface area contributed by atoms with Crippen LogP contribution in [0.4, 0.5) is 0 Å². The van der Waals surface area contributed by atoms with Crippen LogP contribution in [0.5, 0.6) is 0 Å². The summed E-state index contributed by atoms with van der Waals surface area (Å²) in [4.78, 5) is 24.9. The molecule has 1 aromatic carbocycles. The Bertz CT molecular complexity index is 725. The quantitative estimate of drug-likeness (QED) is 0.492. The van der Waals surface area contributed by atoms with Crippen molar-refractivity contribution in [3.05, 3.63) is 34.9 Å². The van der Waals surface area contributed by atoms with Crippen LogP contribution < -0.4 is 0 Å². The highest BCUT2D eigenvalue weighted by Crippen LogP contribution is 2.40. The Morgan fingerprint density at radius 2 is 1.70 bits per heavy atom. The van der Waals surface area contributed by atoms with Crippen molar-refractivity contribution in [1.29, 1.82) is 0 Å². The fourth-order valence-electron chi connectivity index (χ4n) is 4.67. The highest BCUT2D eigenvalue weighted by atomic mass is 16.6. The predicted molar refractivity (Wildman–Crippen MR) is 120 cm³/mol. The third-order valence-electron chi connectivity index (χ3n) is 6.05. The first-order valence-corrected chi connectivity index (χ1v) is 11.5. The number of rotatable bonds is 7. The number of carbonyl (C=O) groups is 2. The average molecular weight is 417 g/mol. The molecule has 0 spiro atoms. The summed E-state index contributed by atoms with van der Waals surface area (Å²) in [7, 11) is 0. The van der Waals surface area contributed by atoms with Gasteiger partial charge in [-0.3, -0.25) is 9.59 Å². The fourth-order valence-corrected chi connectivity index (χ4v) is 4.67. The van der Waals surface area contributed by atoms with Gasteiger partial charge in [-0.1, -0.05) is 49.9 Å². The van der Waals surface area contributed by atoms with Crippen molar-refractivity contribution in [1.82, 2.24) is 0 Å². The lowest BCUT2D eigenvalue weighted by atomic mass is 9.73. The first kappa shape index (κ1) is 24.4. The molecule has 30 heavy (non-hydrogen) atoms. The van der Waals surface area contributed by atoms with Gasteiger partial charge in [-0.15, -0.1) is 0 Å². The van der Waals surface area contributed by atoms with Crippen molar-refractivity contribution in [2.45, 2.75) is 105 Å². The van der Waals surface area contributed by atoms with Gasteiger partial charge in [0.1, 0.15) is 11.7 Å². The maximum atomic E-state index is 12.8. The van der Waals surface area contributed by atoms with Crippen LogP contribution in [-0.4, -0.2) is 23.6 Å². The van der Waals surface area contributed by atoms with Gasteiger partial charge in [0, 0.05) is 5.92 Å². The van der Waals surface area contributed by atoms with Crippen molar-refractivity contribution in [2.75, 3.05) is 0 Å². The standard InChI is InChI=1S/C26H40O4/c1-17-13-14-22(18(2)15-17)24(21-11-9-8-10-12-21)20(4)29-25(28)19(3)16-23(27)30-26(5,6)7/h13-15,19-21,24H,8-12,16H2,1-7H3/t19-,20+,24-/m1/s1. The number of aryl methyl sites for hydroxylation is 2. The largest absolute Gasteiger partial charge is 0.462 e. The van der Waals surface area contributed by atoms with E-state index in [1.54, 1.807) is 6.92 Å². The molecule has 0 unspecified atom stereocenters. The molecule has 4 nitrogen and oxygen atoms in total. The second-order valence-electron chi connectivity index (χ2n) is 10.1. The Labute approximate surface area is 182 Å². The van der Waals surface area contributed by atoms with Crippen LogP contribution in [0.2, 0.25) is 0 Å². The van der Waals surface area contributed by atoms with Crippen LogP contribution in [0.25, 0.3) is 0 Å². The van der Waals surface area contributed by atoms with E-state index in [4.69, 9.17) is 9.47 Å². The van der Waals surface area contributed by atoms with E-state index < -0.39 is 11.5 Å². The number of esters is 2. The van der Waals surface area contributed by atoms with Gasteiger partial charge in [-0.05, 0) is 71.4 Å². The molecule has 0 saturated heterocycles. The topological polar surface area (TPSA) is 52.6 Å². The maximum Gasteiger partial charge on any atom is 0.309 e. The van der Waals surface area contributed by atoms with E-state index in [1.807, 2.05) is 27.7 Å². The zero-order chi connectivity index (χ0) is 22.5. The molecular formula is C26H40O4.